The number of aromatic nitrogens is 1. The van der Waals surface area contributed by atoms with Crippen molar-refractivity contribution in [2.75, 3.05) is 6.61 Å². The molecule has 1 atom stereocenters. The van der Waals surface area contributed by atoms with Crippen LogP contribution in [0, 0.1) is 13.8 Å². The summed E-state index contributed by atoms with van der Waals surface area (Å²) in [6.07, 6.45) is 2.24. The van der Waals surface area contributed by atoms with Crippen molar-refractivity contribution in [1.82, 2.24) is 10.5 Å². The van der Waals surface area contributed by atoms with Gasteiger partial charge in [-0.05, 0) is 44.7 Å². The number of ether oxygens (including phenoxy) is 1. The molecule has 1 heterocycles. The van der Waals surface area contributed by atoms with Gasteiger partial charge in [0.15, 0.2) is 5.69 Å². The molecule has 1 aromatic heterocycles. The number of carbonyl (C=O) groups excluding carboxylic acids is 1. The van der Waals surface area contributed by atoms with Crippen LogP contribution in [0.2, 0.25) is 0 Å². The number of nitrogens with one attached hydrogen (secondary N) is 1. The van der Waals surface area contributed by atoms with Gasteiger partial charge in [0.1, 0.15) is 18.1 Å². The Morgan fingerprint density at radius 1 is 1.39 bits per heavy atom. The molecule has 23 heavy (non-hydrogen) atoms. The molecule has 1 aliphatic rings. The summed E-state index contributed by atoms with van der Waals surface area (Å²) in [6, 6.07) is 7.65. The van der Waals surface area contributed by atoms with Gasteiger partial charge in [-0.15, -0.1) is 0 Å². The van der Waals surface area contributed by atoms with Crippen LogP contribution in [0.15, 0.2) is 28.8 Å². The van der Waals surface area contributed by atoms with Crippen molar-refractivity contribution < 1.29 is 14.1 Å². The van der Waals surface area contributed by atoms with E-state index in [1.54, 1.807) is 6.07 Å². The van der Waals surface area contributed by atoms with E-state index in [0.717, 1.165) is 35.5 Å². The molecule has 1 fully saturated rings. The minimum absolute atomic E-state index is 0.123. The first-order valence-electron chi connectivity index (χ1n) is 8.01. The Labute approximate surface area is 136 Å². The van der Waals surface area contributed by atoms with Crippen LogP contribution in [0.3, 0.4) is 0 Å². The molecular weight excluding hydrogens is 292 g/mol. The van der Waals surface area contributed by atoms with E-state index in [2.05, 4.69) is 10.5 Å². The molecule has 0 aliphatic heterocycles. The molecule has 122 valence electrons. The van der Waals surface area contributed by atoms with E-state index in [1.165, 1.54) is 0 Å². The smallest absolute Gasteiger partial charge is 0.273 e. The predicted octanol–water partition coefficient (Wildman–Crippen LogP) is 3.37. The van der Waals surface area contributed by atoms with Gasteiger partial charge in [0.25, 0.3) is 5.91 Å². The van der Waals surface area contributed by atoms with Gasteiger partial charge in [0.05, 0.1) is 6.04 Å². The summed E-state index contributed by atoms with van der Waals surface area (Å²) >= 11 is 0. The summed E-state index contributed by atoms with van der Waals surface area (Å²) in [6.45, 7) is 6.35. The number of benzene rings is 1. The minimum Gasteiger partial charge on any atom is -0.491 e. The van der Waals surface area contributed by atoms with Crippen molar-refractivity contribution in [3.63, 3.8) is 0 Å². The van der Waals surface area contributed by atoms with Gasteiger partial charge in [-0.1, -0.05) is 23.4 Å². The Morgan fingerprint density at radius 3 is 2.74 bits per heavy atom. The molecule has 2 aromatic rings. The van der Waals surface area contributed by atoms with Crippen LogP contribution < -0.4 is 10.1 Å². The van der Waals surface area contributed by atoms with E-state index in [9.17, 15) is 4.79 Å². The second kappa shape index (κ2) is 6.44. The number of hydrogen-bond acceptors (Lipinski definition) is 4. The van der Waals surface area contributed by atoms with Crippen molar-refractivity contribution >= 4 is 5.91 Å². The lowest BCUT2D eigenvalue weighted by atomic mass is 10.1. The third kappa shape index (κ3) is 3.73. The van der Waals surface area contributed by atoms with Crippen molar-refractivity contribution in [3.05, 3.63) is 46.8 Å². The van der Waals surface area contributed by atoms with E-state index in [0.29, 0.717) is 18.2 Å². The Bertz CT molecular complexity index is 684. The number of carbonyl (C=O) groups is 1. The summed E-state index contributed by atoms with van der Waals surface area (Å²) in [5, 5.41) is 6.74. The summed E-state index contributed by atoms with van der Waals surface area (Å²) in [4.78, 5) is 12.2. The molecule has 1 amide bonds. The van der Waals surface area contributed by atoms with Crippen LogP contribution in [-0.2, 0) is 0 Å². The Kier molecular flexibility index (Phi) is 4.37. The summed E-state index contributed by atoms with van der Waals surface area (Å²) in [5.74, 6) is 1.92. The second-order valence-corrected chi connectivity index (χ2v) is 6.30. The highest BCUT2D eigenvalue weighted by Gasteiger charge is 2.29. The summed E-state index contributed by atoms with van der Waals surface area (Å²) < 4.78 is 11.1. The lowest BCUT2D eigenvalue weighted by molar-refractivity contribution is 0.0917. The van der Waals surface area contributed by atoms with E-state index < -0.39 is 0 Å². The van der Waals surface area contributed by atoms with Crippen LogP contribution in [0.4, 0.5) is 0 Å². The number of nitrogens with zero attached hydrogens (tertiary/aromatic N) is 1. The first-order chi connectivity index (χ1) is 11.0. The van der Waals surface area contributed by atoms with Crippen LogP contribution >= 0.6 is 0 Å². The maximum atomic E-state index is 12.2. The van der Waals surface area contributed by atoms with Gasteiger partial charge in [-0.2, -0.15) is 0 Å². The minimum atomic E-state index is -0.224. The van der Waals surface area contributed by atoms with Crippen LogP contribution in [0.5, 0.6) is 5.75 Å². The molecule has 1 aromatic carbocycles. The third-order valence-corrected chi connectivity index (χ3v) is 4.00. The Hall–Kier alpha value is -2.30. The second-order valence-electron chi connectivity index (χ2n) is 6.30. The SMILES string of the molecule is Cc1cccc(C)c1OC[C@@H](C)NC(=O)c1cc(C2CC2)on1. The number of para-hydroxylation sites is 1. The zero-order valence-corrected chi connectivity index (χ0v) is 13.8. The molecule has 0 bridgehead atoms. The van der Waals surface area contributed by atoms with Crippen LogP contribution in [0.1, 0.15) is 53.1 Å². The number of rotatable bonds is 6. The fourth-order valence-corrected chi connectivity index (χ4v) is 2.53. The molecular formula is C18H22N2O3. The first-order valence-corrected chi connectivity index (χ1v) is 8.01. The van der Waals surface area contributed by atoms with Gasteiger partial charge < -0.3 is 14.6 Å². The lowest BCUT2D eigenvalue weighted by Crippen LogP contribution is -2.37. The zero-order valence-electron chi connectivity index (χ0n) is 13.8. The standard InChI is InChI=1S/C18H22N2O3/c1-11-5-4-6-12(2)17(11)22-10-13(3)19-18(21)15-9-16(23-20-15)14-7-8-14/h4-6,9,13-14H,7-8,10H2,1-3H3,(H,19,21)/t13-/m1/s1. The Morgan fingerprint density at radius 2 is 2.09 bits per heavy atom. The van der Waals surface area contributed by atoms with Crippen molar-refractivity contribution in [3.8, 4) is 5.75 Å². The van der Waals surface area contributed by atoms with Gasteiger partial charge in [-0.25, -0.2) is 0 Å². The highest BCUT2D eigenvalue weighted by atomic mass is 16.5. The summed E-state index contributed by atoms with van der Waals surface area (Å²) in [5.41, 5.74) is 2.52. The van der Waals surface area contributed by atoms with E-state index in [1.807, 2.05) is 39.0 Å². The van der Waals surface area contributed by atoms with E-state index in [-0.39, 0.29) is 11.9 Å². The maximum Gasteiger partial charge on any atom is 0.273 e. The van der Waals surface area contributed by atoms with E-state index >= 15 is 0 Å². The molecule has 5 nitrogen and oxygen atoms in total. The first kappa shape index (κ1) is 15.6. The molecule has 0 spiro atoms. The average molecular weight is 314 g/mol. The molecule has 0 radical (unpaired) electrons. The fourth-order valence-electron chi connectivity index (χ4n) is 2.53. The average Bonchev–Trinajstić information content (AvgIpc) is 3.24. The molecule has 1 N–H and O–H groups in total. The van der Waals surface area contributed by atoms with Gasteiger partial charge in [0, 0.05) is 12.0 Å². The van der Waals surface area contributed by atoms with Crippen molar-refractivity contribution in [2.45, 2.75) is 45.6 Å². The molecule has 0 unspecified atom stereocenters. The van der Waals surface area contributed by atoms with Crippen LogP contribution in [-0.4, -0.2) is 23.7 Å². The molecule has 3 rings (SSSR count). The topological polar surface area (TPSA) is 64.4 Å². The number of amides is 1. The normalized spacial score (nSPS) is 15.3. The van der Waals surface area contributed by atoms with Crippen LogP contribution in [0.25, 0.3) is 0 Å². The zero-order chi connectivity index (χ0) is 16.4. The predicted molar refractivity (Wildman–Crippen MR) is 86.8 cm³/mol. The molecule has 0 saturated heterocycles. The van der Waals surface area contributed by atoms with Crippen molar-refractivity contribution in [1.29, 1.82) is 0 Å². The van der Waals surface area contributed by atoms with Gasteiger partial charge >= 0.3 is 0 Å². The quantitative estimate of drug-likeness (QED) is 0.888. The highest BCUT2D eigenvalue weighted by Crippen LogP contribution is 2.40. The molecule has 1 aliphatic carbocycles. The monoisotopic (exact) mass is 314 g/mol. The Balaban J connectivity index is 1.54. The summed E-state index contributed by atoms with van der Waals surface area (Å²) in [7, 11) is 0. The molecule has 1 saturated carbocycles. The maximum absolute atomic E-state index is 12.2. The van der Waals surface area contributed by atoms with Crippen molar-refractivity contribution in [2.24, 2.45) is 0 Å². The van der Waals surface area contributed by atoms with Gasteiger partial charge in [-0.3, -0.25) is 4.79 Å². The number of hydrogen-bond donors (Lipinski definition) is 1. The largest absolute Gasteiger partial charge is 0.491 e. The lowest BCUT2D eigenvalue weighted by Gasteiger charge is -2.17. The van der Waals surface area contributed by atoms with Gasteiger partial charge in [0.2, 0.25) is 0 Å². The third-order valence-electron chi connectivity index (χ3n) is 4.00. The van der Waals surface area contributed by atoms with E-state index in [4.69, 9.17) is 9.26 Å². The number of aryl methyl sites for hydroxylation is 2. The molecule has 5 heteroatoms. The highest BCUT2D eigenvalue weighted by molar-refractivity contribution is 5.92. The fraction of sp³-hybridized carbons (Fsp3) is 0.444.